The summed E-state index contributed by atoms with van der Waals surface area (Å²) < 4.78 is 118. The molecule has 0 aliphatic carbocycles. The minimum absolute atomic E-state index is 0.238. The number of aliphatic hydroxyl groups is 28. The smallest absolute Gasteiger partial charge is 0.217 e. The zero-order valence-electron chi connectivity index (χ0n) is 69.7. The molecule has 752 valence electrons. The number of aliphatic hydroxyl groups excluding tert-OH is 28. The molecule has 51 atom stereocenters. The van der Waals surface area contributed by atoms with Crippen LogP contribution in [0.3, 0.4) is 0 Å². The highest BCUT2D eigenvalue weighted by Crippen LogP contribution is 2.41. The molecular formula is C72H121N5O53. The molecule has 10 heterocycles. The average molecular weight is 1900 g/mol. The Morgan fingerprint density at radius 2 is 0.485 bits per heavy atom. The number of carbonyl (C=O) groups is 5. The van der Waals surface area contributed by atoms with Crippen LogP contribution >= 0.6 is 0 Å². The first-order valence-corrected chi connectivity index (χ1v) is 41.4. The maximum absolute atomic E-state index is 13.4. The Balaban J connectivity index is 0.926. The fraction of sp³-hybridized carbons (Fsp3) is 0.931. The second-order valence-electron chi connectivity index (χ2n) is 32.4. The van der Waals surface area contributed by atoms with Crippen molar-refractivity contribution in [3.8, 4) is 0 Å². The van der Waals surface area contributed by atoms with E-state index in [9.17, 15) is 167 Å². The van der Waals surface area contributed by atoms with Crippen LogP contribution in [0.2, 0.25) is 0 Å². The van der Waals surface area contributed by atoms with Gasteiger partial charge in [-0.3, -0.25) is 24.0 Å². The summed E-state index contributed by atoms with van der Waals surface area (Å²) in [5.74, 6) is -3.90. The van der Waals surface area contributed by atoms with Gasteiger partial charge in [0, 0.05) is 27.7 Å². The minimum atomic E-state index is -2.58. The second-order valence-corrected chi connectivity index (χ2v) is 32.4. The number of ether oxygens (including phenoxy) is 20. The molecule has 0 spiro atoms. The van der Waals surface area contributed by atoms with Crippen LogP contribution in [0.15, 0.2) is 0 Å². The van der Waals surface area contributed by atoms with E-state index >= 15 is 0 Å². The highest BCUT2D eigenvalue weighted by atomic mass is 16.8. The first-order valence-electron chi connectivity index (χ1n) is 41.4. The van der Waals surface area contributed by atoms with E-state index in [1.54, 1.807) is 0 Å². The molecule has 130 heavy (non-hydrogen) atoms. The van der Waals surface area contributed by atoms with Crippen LogP contribution in [0, 0.1) is 0 Å². The normalized spacial score (nSPS) is 47.6. The van der Waals surface area contributed by atoms with Gasteiger partial charge in [-0.15, -0.1) is 0 Å². The van der Waals surface area contributed by atoms with Crippen LogP contribution in [-0.2, 0) is 119 Å². The van der Waals surface area contributed by atoms with Gasteiger partial charge < -0.3 is 264 Å². The maximum Gasteiger partial charge on any atom is 0.217 e. The van der Waals surface area contributed by atoms with Gasteiger partial charge in [0.15, 0.2) is 62.9 Å². The molecule has 10 saturated heterocycles. The number of nitrogens with one attached hydrogen (secondary N) is 5. The van der Waals surface area contributed by atoms with Crippen LogP contribution in [0.4, 0.5) is 0 Å². The molecule has 0 bridgehead atoms. The highest BCUT2D eigenvalue weighted by Gasteiger charge is 2.62. The lowest BCUT2D eigenvalue weighted by Crippen LogP contribution is -2.71. The van der Waals surface area contributed by atoms with Gasteiger partial charge >= 0.3 is 0 Å². The van der Waals surface area contributed by atoms with E-state index in [1.807, 2.05) is 0 Å². The molecule has 33 N–H and O–H groups in total. The van der Waals surface area contributed by atoms with E-state index in [0.29, 0.717) is 0 Å². The van der Waals surface area contributed by atoms with Crippen molar-refractivity contribution in [1.82, 2.24) is 26.6 Å². The van der Waals surface area contributed by atoms with E-state index in [4.69, 9.17) is 94.7 Å². The van der Waals surface area contributed by atoms with Crippen molar-refractivity contribution < 1.29 is 262 Å². The van der Waals surface area contributed by atoms with E-state index in [-0.39, 0.29) is 6.41 Å². The van der Waals surface area contributed by atoms with Crippen molar-refractivity contribution in [3.63, 3.8) is 0 Å². The SMILES string of the molecule is CC(=O)N[C@H]1[C@H](OC[C@H]2O[C@@H](O[C@H]3[C@H](O)[C@@H](NC(C)=O)[C@H](O[C@H]4[C@@H](O)[C@@H](CO)O[C@@H](O[C@H]5[C@H](O)[C@@H](O)[C@H](OC[C@@H](CO)NC=O)O[C@@H]5CO)[C@@H]4O)O[C@@H]3CO)[C@H](O)[C@@H](O[C@@H]3O[C@H](CO)[C@@H](O[C@@H]4O[C@H](CO)[C@H](O)[C@H](O[C@@H]5O[C@H](CO)[C@@H](O[C@@H]6O[C@H](CO)[C@H](O)[C@H](O)[C@H]6O)[C@H](O)[C@H]5NC(C)=O)[C@H]4O)[C@H](O)[C@H]3NC(C)=O)[C@H]2O)O[C@H](CO)[C@@H](O[C@@H]2O[C@H](CO)[C@H](O)[C@H](O)[C@H]2O)[C@@H]1O. The van der Waals surface area contributed by atoms with Gasteiger partial charge in [0.05, 0.1) is 85.3 Å². The molecule has 10 fully saturated rings. The molecule has 10 aliphatic heterocycles. The third-order valence-electron chi connectivity index (χ3n) is 23.4. The Hall–Kier alpha value is -4.57. The topological polar surface area (TPSA) is 897 Å². The molecule has 0 radical (unpaired) electrons. The summed E-state index contributed by atoms with van der Waals surface area (Å²) in [5.41, 5.74) is 0. The third kappa shape index (κ3) is 24.2. The molecule has 0 unspecified atom stereocenters. The molecule has 5 amide bonds. The van der Waals surface area contributed by atoms with Gasteiger partial charge in [-0.25, -0.2) is 0 Å². The summed E-state index contributed by atoms with van der Waals surface area (Å²) in [5, 5.41) is 324. The fourth-order valence-corrected chi connectivity index (χ4v) is 16.6. The van der Waals surface area contributed by atoms with Gasteiger partial charge in [0.2, 0.25) is 30.0 Å². The van der Waals surface area contributed by atoms with Gasteiger partial charge in [0.1, 0.15) is 244 Å². The molecule has 0 saturated carbocycles. The Kier molecular flexibility index (Phi) is 39.8. The van der Waals surface area contributed by atoms with Crippen molar-refractivity contribution in [2.45, 2.75) is 341 Å². The standard InChI is InChI=1S/C72H121N5O53/c1-18(89)74-33-42(98)55(123-68-49(105)46(102)37(93)23(6-79)113-68)27(10-83)117-63(33)112-16-32-41(97)62(54(110)72(122-32)126-58-30(13-86)119-65(35(45(58)101)76-20(3)91)129-61-40(96)26(9-82)116-71(53(61)109)127-59-31(14-87)121-67(51(107)48(59)104)111-15-22(5-78)73-17-88)130-66-36(77-21(4)92)44(100)57(29(12-85)120-66)125-70-52(108)60(39(95)25(8-81)115-70)128-64-34(75-19(2)90)43(99)56(28(11-84)118-64)124-69-50(106)47(103)38(94)24(7-80)114-69/h17,22-72,78-87,93-110H,5-16H2,1-4H3,(H,73,88)(H,74,89)(H,75,90)(H,76,91)(H,77,92)/t22-,23-,24-,25-,26-,27-,28-,29-,30-,31-,32-,33-,34-,35-,36-,37+,38+,39+,40+,41+,42-,43-,44-,45-,46+,47+,48-,49-,50-,51-,52-,53-,54-,55-,56-,57-,58-,59-,60+,61+,62+,63-,64+,65+,66+,67-,68+,69+,70+,71+,72+/m1/s1. The van der Waals surface area contributed by atoms with E-state index in [1.165, 1.54) is 0 Å². The quantitative estimate of drug-likeness (QED) is 0.0255. The second kappa shape index (κ2) is 48.1. The van der Waals surface area contributed by atoms with Crippen LogP contribution in [-0.4, -0.2) is 565 Å². The molecule has 58 heteroatoms. The maximum atomic E-state index is 13.4. The Labute approximate surface area is 736 Å². The summed E-state index contributed by atoms with van der Waals surface area (Å²) in [6, 6.07) is -8.93. The Morgan fingerprint density at radius 3 is 0.769 bits per heavy atom. The molecule has 58 nitrogen and oxygen atoms in total. The van der Waals surface area contributed by atoms with Crippen LogP contribution < -0.4 is 26.6 Å². The first-order chi connectivity index (χ1) is 61.7. The number of amides is 5. The lowest BCUT2D eigenvalue weighted by atomic mass is 9.93. The molecule has 0 aromatic heterocycles. The fourth-order valence-electron chi connectivity index (χ4n) is 16.6. The summed E-state index contributed by atoms with van der Waals surface area (Å²) in [4.78, 5) is 63.3. The van der Waals surface area contributed by atoms with Crippen LogP contribution in [0.1, 0.15) is 27.7 Å². The Morgan fingerprint density at radius 1 is 0.254 bits per heavy atom. The number of carbonyl (C=O) groups excluding carboxylic acids is 5. The molecule has 0 aromatic carbocycles. The summed E-state index contributed by atoms with van der Waals surface area (Å²) in [6.07, 6.45) is -95.3. The van der Waals surface area contributed by atoms with E-state index < -0.39 is 416 Å². The van der Waals surface area contributed by atoms with Gasteiger partial charge in [0.25, 0.3) is 0 Å². The van der Waals surface area contributed by atoms with Gasteiger partial charge in [-0.05, 0) is 0 Å². The van der Waals surface area contributed by atoms with Crippen molar-refractivity contribution in [1.29, 1.82) is 0 Å². The monoisotopic (exact) mass is 1900 g/mol. The largest absolute Gasteiger partial charge is 0.394 e. The van der Waals surface area contributed by atoms with Crippen LogP contribution in [0.5, 0.6) is 0 Å². The first kappa shape index (κ1) is 107. The predicted molar refractivity (Wildman–Crippen MR) is 400 cm³/mol. The Bertz CT molecular complexity index is 3500. The van der Waals surface area contributed by atoms with Crippen molar-refractivity contribution >= 4 is 30.0 Å². The van der Waals surface area contributed by atoms with Crippen LogP contribution in [0.25, 0.3) is 0 Å². The van der Waals surface area contributed by atoms with Gasteiger partial charge in [-0.1, -0.05) is 0 Å². The number of hydrogen-bond acceptors (Lipinski definition) is 53. The van der Waals surface area contributed by atoms with Crippen molar-refractivity contribution in [2.75, 3.05) is 79.3 Å². The van der Waals surface area contributed by atoms with E-state index in [2.05, 4.69) is 26.6 Å². The zero-order valence-corrected chi connectivity index (χ0v) is 69.7. The molecule has 10 rings (SSSR count). The van der Waals surface area contributed by atoms with Crippen molar-refractivity contribution in [3.05, 3.63) is 0 Å². The lowest BCUT2D eigenvalue weighted by molar-refractivity contribution is -0.391. The average Bonchev–Trinajstić information content (AvgIpc) is 0.759. The third-order valence-corrected chi connectivity index (χ3v) is 23.4. The summed E-state index contributed by atoms with van der Waals surface area (Å²) in [6.45, 7) is -8.57. The number of rotatable bonds is 38. The van der Waals surface area contributed by atoms with E-state index in [0.717, 1.165) is 27.7 Å². The molecule has 0 aromatic rings. The molecular weight excluding hydrogens is 1780 g/mol. The zero-order chi connectivity index (χ0) is 95.6. The minimum Gasteiger partial charge on any atom is -0.394 e. The summed E-state index contributed by atoms with van der Waals surface area (Å²) in [7, 11) is 0. The lowest BCUT2D eigenvalue weighted by Gasteiger charge is -2.51. The highest BCUT2D eigenvalue weighted by molar-refractivity contribution is 5.74. The van der Waals surface area contributed by atoms with Gasteiger partial charge in [-0.2, -0.15) is 0 Å². The van der Waals surface area contributed by atoms with Crippen molar-refractivity contribution in [2.24, 2.45) is 0 Å². The number of hydrogen-bond donors (Lipinski definition) is 33. The summed E-state index contributed by atoms with van der Waals surface area (Å²) >= 11 is 0. The molecule has 10 aliphatic rings. The predicted octanol–water partition coefficient (Wildman–Crippen LogP) is -23.1.